The van der Waals surface area contributed by atoms with Crippen LogP contribution in [0.1, 0.15) is 16.1 Å². The molecule has 2 aromatic rings. The maximum atomic E-state index is 11.1. The minimum atomic E-state index is -1.04. The topological polar surface area (TPSA) is 71.9 Å². The van der Waals surface area contributed by atoms with E-state index in [9.17, 15) is 4.79 Å². The number of carboxylic acids is 1. The molecule has 0 bridgehead atoms. The van der Waals surface area contributed by atoms with Crippen LogP contribution in [-0.4, -0.2) is 43.6 Å². The van der Waals surface area contributed by atoms with Crippen molar-refractivity contribution in [3.8, 4) is 11.5 Å². The first-order valence-electron chi connectivity index (χ1n) is 7.20. The summed E-state index contributed by atoms with van der Waals surface area (Å²) in [5.41, 5.74) is 1.07. The molecule has 0 unspecified atom stereocenters. The summed E-state index contributed by atoms with van der Waals surface area (Å²) in [6.07, 6.45) is 1.99. The van der Waals surface area contributed by atoms with E-state index < -0.39 is 5.97 Å². The predicted molar refractivity (Wildman–Crippen MR) is 94.6 cm³/mol. The van der Waals surface area contributed by atoms with Gasteiger partial charge in [0.05, 0.1) is 14.2 Å². The molecule has 0 fully saturated rings. The molecule has 0 aliphatic heterocycles. The molecule has 0 saturated heterocycles. The van der Waals surface area contributed by atoms with E-state index in [2.05, 4.69) is 4.98 Å². The third-order valence-electron chi connectivity index (χ3n) is 3.54. The number of anilines is 1. The minimum Gasteiger partial charge on any atom is -0.493 e. The van der Waals surface area contributed by atoms with Crippen molar-refractivity contribution in [1.29, 1.82) is 0 Å². The molecule has 6 nitrogen and oxygen atoms in total. The molecular formula is C17H20N2O4S. The Labute approximate surface area is 145 Å². The highest BCUT2D eigenvalue weighted by molar-refractivity contribution is 7.98. The number of aromatic nitrogens is 1. The van der Waals surface area contributed by atoms with Gasteiger partial charge in [0.25, 0.3) is 0 Å². The van der Waals surface area contributed by atoms with Crippen molar-refractivity contribution in [2.24, 2.45) is 0 Å². The molecule has 0 aliphatic rings. The van der Waals surface area contributed by atoms with Crippen LogP contribution in [0.25, 0.3) is 0 Å². The van der Waals surface area contributed by atoms with Crippen LogP contribution in [0.2, 0.25) is 0 Å². The minimum absolute atomic E-state index is 0.0248. The molecule has 1 aromatic heterocycles. The lowest BCUT2D eigenvalue weighted by atomic mass is 10.2. The van der Waals surface area contributed by atoms with Gasteiger partial charge < -0.3 is 19.5 Å². The lowest BCUT2D eigenvalue weighted by Gasteiger charge is -2.21. The first kappa shape index (κ1) is 17.9. The van der Waals surface area contributed by atoms with Gasteiger partial charge in [-0.2, -0.15) is 0 Å². The largest absolute Gasteiger partial charge is 0.493 e. The van der Waals surface area contributed by atoms with Crippen molar-refractivity contribution in [1.82, 2.24) is 4.98 Å². The molecule has 0 radical (unpaired) electrons. The highest BCUT2D eigenvalue weighted by atomic mass is 32.2. The van der Waals surface area contributed by atoms with Gasteiger partial charge in [-0.15, -0.1) is 11.8 Å². The summed E-state index contributed by atoms with van der Waals surface area (Å²) in [7, 11) is 5.08. The van der Waals surface area contributed by atoms with Gasteiger partial charge in [-0.05, 0) is 36.1 Å². The number of hydrogen-bond donors (Lipinski definition) is 1. The number of benzene rings is 1. The van der Waals surface area contributed by atoms with Crippen LogP contribution >= 0.6 is 11.8 Å². The fraction of sp³-hybridized carbons (Fsp3) is 0.294. The Balaban J connectivity index is 2.32. The summed E-state index contributed by atoms with van der Waals surface area (Å²) in [4.78, 5) is 18.2. The lowest BCUT2D eigenvalue weighted by Crippen LogP contribution is -2.19. The van der Waals surface area contributed by atoms with E-state index in [1.165, 1.54) is 6.07 Å². The number of methoxy groups -OCH3 is 2. The zero-order valence-corrected chi connectivity index (χ0v) is 14.9. The fourth-order valence-electron chi connectivity index (χ4n) is 2.31. The number of hydrogen-bond acceptors (Lipinski definition) is 6. The quantitative estimate of drug-likeness (QED) is 0.771. The average molecular weight is 348 g/mol. The summed E-state index contributed by atoms with van der Waals surface area (Å²) in [5.74, 6) is 0.892. The number of nitrogens with zero attached hydrogens (tertiary/aromatic N) is 2. The molecule has 24 heavy (non-hydrogen) atoms. The van der Waals surface area contributed by atoms with Crippen LogP contribution in [0.3, 0.4) is 0 Å². The highest BCUT2D eigenvalue weighted by Crippen LogP contribution is 2.35. The van der Waals surface area contributed by atoms with Crippen molar-refractivity contribution < 1.29 is 19.4 Å². The molecule has 2 rings (SSSR count). The Hall–Kier alpha value is -2.41. The van der Waals surface area contributed by atoms with Crippen LogP contribution in [0.4, 0.5) is 5.82 Å². The second-order valence-electron chi connectivity index (χ2n) is 5.06. The lowest BCUT2D eigenvalue weighted by molar-refractivity contribution is 0.0690. The van der Waals surface area contributed by atoms with Crippen LogP contribution in [0, 0.1) is 0 Å². The number of pyridine rings is 1. The van der Waals surface area contributed by atoms with Crippen LogP contribution in [-0.2, 0) is 6.54 Å². The van der Waals surface area contributed by atoms with Crippen LogP contribution in [0.5, 0.6) is 11.5 Å². The number of ether oxygens (including phenoxy) is 2. The SMILES string of the molecule is COc1cc(CN(C)c2cccc(C(=O)O)n2)c(SC)cc1OC. The number of carboxylic acid groups (broad SMARTS) is 1. The predicted octanol–water partition coefficient (Wildman–Crippen LogP) is 3.16. The van der Waals surface area contributed by atoms with E-state index in [4.69, 9.17) is 14.6 Å². The molecule has 0 spiro atoms. The van der Waals surface area contributed by atoms with Gasteiger partial charge in [-0.3, -0.25) is 0 Å². The first-order chi connectivity index (χ1) is 11.5. The zero-order valence-electron chi connectivity index (χ0n) is 14.1. The van der Waals surface area contributed by atoms with E-state index in [1.54, 1.807) is 38.1 Å². The molecule has 7 heteroatoms. The molecule has 1 heterocycles. The summed E-state index contributed by atoms with van der Waals surface area (Å²) < 4.78 is 10.7. The van der Waals surface area contributed by atoms with E-state index in [1.807, 2.05) is 30.3 Å². The Bertz CT molecular complexity index is 737. The summed E-state index contributed by atoms with van der Waals surface area (Å²) >= 11 is 1.61. The van der Waals surface area contributed by atoms with Crippen molar-refractivity contribution in [3.05, 3.63) is 41.6 Å². The summed E-state index contributed by atoms with van der Waals surface area (Å²) in [6.45, 7) is 0.562. The molecule has 0 atom stereocenters. The Morgan fingerprint density at radius 3 is 2.50 bits per heavy atom. The van der Waals surface area contributed by atoms with Crippen molar-refractivity contribution >= 4 is 23.5 Å². The maximum Gasteiger partial charge on any atom is 0.354 e. The third-order valence-corrected chi connectivity index (χ3v) is 4.36. The van der Waals surface area contributed by atoms with Crippen molar-refractivity contribution in [2.75, 3.05) is 32.4 Å². The smallest absolute Gasteiger partial charge is 0.354 e. The normalized spacial score (nSPS) is 10.3. The number of rotatable bonds is 7. The van der Waals surface area contributed by atoms with Crippen molar-refractivity contribution in [2.45, 2.75) is 11.4 Å². The zero-order chi connectivity index (χ0) is 17.7. The monoisotopic (exact) mass is 348 g/mol. The Morgan fingerprint density at radius 1 is 1.25 bits per heavy atom. The summed E-state index contributed by atoms with van der Waals surface area (Å²) in [6, 6.07) is 8.82. The standard InChI is InChI=1S/C17H20N2O4S/c1-19(16-7-5-6-12(18-16)17(20)21)10-11-8-13(22-2)14(23-3)9-15(11)24-4/h5-9H,10H2,1-4H3,(H,20,21). The van der Waals surface area contributed by atoms with Gasteiger partial charge in [0, 0.05) is 18.5 Å². The Morgan fingerprint density at radius 2 is 1.92 bits per heavy atom. The molecule has 0 amide bonds. The third kappa shape index (κ3) is 3.91. The van der Waals surface area contributed by atoms with Gasteiger partial charge in [0.1, 0.15) is 5.82 Å². The van der Waals surface area contributed by atoms with E-state index in [0.29, 0.717) is 23.9 Å². The fourth-order valence-corrected chi connectivity index (χ4v) is 2.92. The maximum absolute atomic E-state index is 11.1. The average Bonchev–Trinajstić information content (AvgIpc) is 2.61. The van der Waals surface area contributed by atoms with Gasteiger partial charge >= 0.3 is 5.97 Å². The molecule has 0 saturated carbocycles. The molecule has 1 aromatic carbocycles. The van der Waals surface area contributed by atoms with Gasteiger partial charge in [-0.25, -0.2) is 9.78 Å². The van der Waals surface area contributed by atoms with E-state index in [0.717, 1.165) is 10.5 Å². The Kier molecular flexibility index (Phi) is 5.92. The van der Waals surface area contributed by atoms with Crippen molar-refractivity contribution in [3.63, 3.8) is 0 Å². The molecular weight excluding hydrogens is 328 g/mol. The first-order valence-corrected chi connectivity index (χ1v) is 8.43. The van der Waals surface area contributed by atoms with E-state index in [-0.39, 0.29) is 5.69 Å². The molecule has 128 valence electrons. The number of thioether (sulfide) groups is 1. The number of carbonyl (C=O) groups is 1. The highest BCUT2D eigenvalue weighted by Gasteiger charge is 2.14. The van der Waals surface area contributed by atoms with E-state index >= 15 is 0 Å². The van der Waals surface area contributed by atoms with Gasteiger partial charge in [-0.1, -0.05) is 6.07 Å². The second kappa shape index (κ2) is 7.92. The summed E-state index contributed by atoms with van der Waals surface area (Å²) in [5, 5.41) is 9.07. The van der Waals surface area contributed by atoms with Gasteiger partial charge in [0.15, 0.2) is 17.2 Å². The number of aromatic carboxylic acids is 1. The molecule has 1 N–H and O–H groups in total. The van der Waals surface area contributed by atoms with Crippen LogP contribution < -0.4 is 14.4 Å². The van der Waals surface area contributed by atoms with Gasteiger partial charge in [0.2, 0.25) is 0 Å². The second-order valence-corrected chi connectivity index (χ2v) is 5.91. The van der Waals surface area contributed by atoms with Crippen LogP contribution in [0.15, 0.2) is 35.2 Å². The molecule has 0 aliphatic carbocycles.